The summed E-state index contributed by atoms with van der Waals surface area (Å²) < 4.78 is 33.1. The number of carbonyl (C=O) groups is 1. The van der Waals surface area contributed by atoms with Crippen LogP contribution in [0.1, 0.15) is 1.43 Å². The molecule has 1 aromatic heterocycles. The number of piperazine rings is 1. The van der Waals surface area contributed by atoms with Crippen LogP contribution in [0, 0.1) is 0 Å². The monoisotopic (exact) mass is 523 g/mol. The molecular formula is C22H23Cl2N5O4S. The van der Waals surface area contributed by atoms with Crippen molar-refractivity contribution in [3.8, 4) is 5.75 Å². The van der Waals surface area contributed by atoms with E-state index >= 15 is 0 Å². The number of ether oxygens (including phenoxy) is 1. The van der Waals surface area contributed by atoms with E-state index in [0.29, 0.717) is 42.0 Å². The number of hydrogen-bond donors (Lipinski definition) is 1. The van der Waals surface area contributed by atoms with Crippen LogP contribution in [0.15, 0.2) is 66.0 Å². The molecule has 9 nitrogen and oxygen atoms in total. The first-order chi connectivity index (χ1) is 16.3. The molecule has 1 amide bonds. The first-order valence-corrected chi connectivity index (χ1v) is 12.6. The van der Waals surface area contributed by atoms with Gasteiger partial charge in [0.25, 0.3) is 15.9 Å². The molecule has 1 saturated heterocycles. The van der Waals surface area contributed by atoms with Crippen molar-refractivity contribution >= 4 is 50.6 Å². The second-order valence-corrected chi connectivity index (χ2v) is 9.95. The molecule has 1 aliphatic rings. The van der Waals surface area contributed by atoms with Crippen LogP contribution in [0.4, 0.5) is 11.5 Å². The number of sulfonamides is 1. The maximum absolute atomic E-state index is 12.6. The summed E-state index contributed by atoms with van der Waals surface area (Å²) in [6.07, 6.45) is 2.72. The molecule has 2 aromatic carbocycles. The molecule has 3 aromatic rings. The molecule has 4 rings (SSSR count). The smallest absolute Gasteiger partial charge is 0.263 e. The van der Waals surface area contributed by atoms with E-state index in [1.165, 1.54) is 18.6 Å². The van der Waals surface area contributed by atoms with E-state index in [0.717, 1.165) is 5.69 Å². The lowest BCUT2D eigenvalue weighted by Gasteiger charge is -2.36. The summed E-state index contributed by atoms with van der Waals surface area (Å²) in [7, 11) is -3.76. The van der Waals surface area contributed by atoms with Crippen LogP contribution in [0.5, 0.6) is 5.75 Å². The van der Waals surface area contributed by atoms with Crippen LogP contribution in [0.25, 0.3) is 0 Å². The molecule has 0 bridgehead atoms. The summed E-state index contributed by atoms with van der Waals surface area (Å²) in [4.78, 5) is 24.1. The Labute approximate surface area is 208 Å². The van der Waals surface area contributed by atoms with E-state index in [1.54, 1.807) is 47.4 Å². The third-order valence-electron chi connectivity index (χ3n) is 5.21. The lowest BCUT2D eigenvalue weighted by atomic mass is 10.2. The fraction of sp³-hybridized carbons (Fsp3) is 0.227. The lowest BCUT2D eigenvalue weighted by molar-refractivity contribution is -0.133. The van der Waals surface area contributed by atoms with Crippen LogP contribution in [0.2, 0.25) is 10.0 Å². The summed E-state index contributed by atoms with van der Waals surface area (Å²) in [5.74, 6) is 0.465. The number of aromatic nitrogens is 2. The highest BCUT2D eigenvalue weighted by molar-refractivity contribution is 7.92. The van der Waals surface area contributed by atoms with Crippen molar-refractivity contribution in [3.05, 3.63) is 71.1 Å². The van der Waals surface area contributed by atoms with Crippen molar-refractivity contribution in [2.24, 2.45) is 0 Å². The molecule has 2 heterocycles. The maximum atomic E-state index is 12.6. The third kappa shape index (κ3) is 5.88. The van der Waals surface area contributed by atoms with Crippen molar-refractivity contribution in [2.75, 3.05) is 42.4 Å². The van der Waals surface area contributed by atoms with Crippen LogP contribution in [0.3, 0.4) is 0 Å². The van der Waals surface area contributed by atoms with Gasteiger partial charge in [-0.05, 0) is 48.5 Å². The van der Waals surface area contributed by atoms with Crippen molar-refractivity contribution in [1.82, 2.24) is 14.9 Å². The molecule has 0 aliphatic carbocycles. The molecule has 0 spiro atoms. The number of anilines is 2. The van der Waals surface area contributed by atoms with Crippen LogP contribution in [-0.2, 0) is 14.8 Å². The maximum Gasteiger partial charge on any atom is 0.263 e. The summed E-state index contributed by atoms with van der Waals surface area (Å²) in [6, 6.07) is 12.9. The van der Waals surface area contributed by atoms with Crippen molar-refractivity contribution < 1.29 is 19.4 Å². The SMILES string of the molecule is O=C(COc1ccc(Cl)cc1Cl)N1CCN(c2ccc(S(=O)(=O)Nc3ccncn3)cc2)CC1.[HH]. The normalized spacial score (nSPS) is 14.1. The predicted molar refractivity (Wildman–Crippen MR) is 132 cm³/mol. The highest BCUT2D eigenvalue weighted by atomic mass is 35.5. The van der Waals surface area contributed by atoms with Gasteiger partial charge in [0.15, 0.2) is 6.61 Å². The van der Waals surface area contributed by atoms with Gasteiger partial charge >= 0.3 is 0 Å². The van der Waals surface area contributed by atoms with Gasteiger partial charge in [0.2, 0.25) is 0 Å². The van der Waals surface area contributed by atoms with Gasteiger partial charge in [-0.3, -0.25) is 9.52 Å². The van der Waals surface area contributed by atoms with E-state index in [1.807, 2.05) is 0 Å². The van der Waals surface area contributed by atoms with E-state index in [9.17, 15) is 13.2 Å². The number of nitrogens with one attached hydrogen (secondary N) is 1. The van der Waals surface area contributed by atoms with E-state index in [2.05, 4.69) is 19.6 Å². The third-order valence-corrected chi connectivity index (χ3v) is 7.11. The highest BCUT2D eigenvalue weighted by Gasteiger charge is 2.23. The van der Waals surface area contributed by atoms with Gasteiger partial charge in [0, 0.05) is 44.5 Å². The van der Waals surface area contributed by atoms with E-state index < -0.39 is 10.0 Å². The second-order valence-electron chi connectivity index (χ2n) is 7.43. The number of amides is 1. The van der Waals surface area contributed by atoms with E-state index in [4.69, 9.17) is 27.9 Å². The Bertz CT molecular complexity index is 1260. The molecule has 34 heavy (non-hydrogen) atoms. The molecule has 0 saturated carbocycles. The van der Waals surface area contributed by atoms with E-state index in [-0.39, 0.29) is 24.7 Å². The largest absolute Gasteiger partial charge is 0.482 e. The Balaban J connectivity index is 0.00000342. The number of rotatable bonds is 7. The van der Waals surface area contributed by atoms with Crippen molar-refractivity contribution in [3.63, 3.8) is 0 Å². The minimum atomic E-state index is -3.76. The van der Waals surface area contributed by atoms with Crippen LogP contribution >= 0.6 is 23.2 Å². The van der Waals surface area contributed by atoms with Gasteiger partial charge in [-0.2, -0.15) is 0 Å². The summed E-state index contributed by atoms with van der Waals surface area (Å²) in [6.45, 7) is 2.14. The number of hydrogen-bond acceptors (Lipinski definition) is 7. The number of benzene rings is 2. The second kappa shape index (κ2) is 10.5. The van der Waals surface area contributed by atoms with Crippen molar-refractivity contribution in [1.29, 1.82) is 0 Å². The minimum Gasteiger partial charge on any atom is -0.482 e. The molecule has 1 N–H and O–H groups in total. The van der Waals surface area contributed by atoms with Gasteiger partial charge in [-0.1, -0.05) is 23.2 Å². The quantitative estimate of drug-likeness (QED) is 0.504. The first-order valence-electron chi connectivity index (χ1n) is 10.3. The zero-order valence-electron chi connectivity index (χ0n) is 17.9. The Kier molecular flexibility index (Phi) is 7.40. The fourth-order valence-corrected chi connectivity index (χ4v) is 4.89. The first kappa shape index (κ1) is 24.1. The van der Waals surface area contributed by atoms with Crippen LogP contribution in [-0.4, -0.2) is 62.0 Å². The molecule has 1 fully saturated rings. The standard InChI is InChI=1S/C22H21Cl2N5O4S.H2/c23-16-1-6-20(19(24)13-16)33-14-22(30)29-11-9-28(10-12-29)17-2-4-18(5-3-17)34(31,32)27-21-7-8-25-15-26-21;/h1-8,13,15H,9-12,14H2,(H,25,26,27);1H. The van der Waals surface area contributed by atoms with Crippen molar-refractivity contribution in [2.45, 2.75) is 4.90 Å². The molecule has 12 heteroatoms. The topological polar surface area (TPSA) is 105 Å². The Morgan fingerprint density at radius 1 is 1.06 bits per heavy atom. The van der Waals surface area contributed by atoms with Gasteiger partial charge in [-0.15, -0.1) is 0 Å². The van der Waals surface area contributed by atoms with Gasteiger partial charge in [-0.25, -0.2) is 18.4 Å². The predicted octanol–water partition coefficient (Wildman–Crippen LogP) is 3.56. The molecule has 0 unspecified atom stereocenters. The van der Waals surface area contributed by atoms with Gasteiger partial charge in [0.1, 0.15) is 17.9 Å². The Morgan fingerprint density at radius 2 is 1.79 bits per heavy atom. The molecular weight excluding hydrogens is 501 g/mol. The summed E-state index contributed by atoms with van der Waals surface area (Å²) in [5, 5.41) is 0.843. The Hall–Kier alpha value is -3.08. The van der Waals surface area contributed by atoms with Gasteiger partial charge in [0.05, 0.1) is 9.92 Å². The average Bonchev–Trinajstić information content (AvgIpc) is 2.84. The summed E-state index contributed by atoms with van der Waals surface area (Å²) >= 11 is 11.9. The molecule has 0 radical (unpaired) electrons. The summed E-state index contributed by atoms with van der Waals surface area (Å²) in [5.41, 5.74) is 0.872. The van der Waals surface area contributed by atoms with Crippen LogP contribution < -0.4 is 14.4 Å². The zero-order valence-corrected chi connectivity index (χ0v) is 20.2. The average molecular weight is 524 g/mol. The number of carbonyl (C=O) groups excluding carboxylic acids is 1. The highest BCUT2D eigenvalue weighted by Crippen LogP contribution is 2.27. The molecule has 0 atom stereocenters. The molecule has 180 valence electrons. The zero-order chi connectivity index (χ0) is 24.1. The molecule has 1 aliphatic heterocycles. The number of halogens is 2. The lowest BCUT2D eigenvalue weighted by Crippen LogP contribution is -2.50. The fourth-order valence-electron chi connectivity index (χ4n) is 3.42. The van der Waals surface area contributed by atoms with Gasteiger partial charge < -0.3 is 14.5 Å². The minimum absolute atomic E-state index is 0. The Morgan fingerprint density at radius 3 is 2.44 bits per heavy atom. The number of nitrogens with zero attached hydrogens (tertiary/aromatic N) is 4.